The summed E-state index contributed by atoms with van der Waals surface area (Å²) in [6.07, 6.45) is 17.8. The first kappa shape index (κ1) is 91.7. The van der Waals surface area contributed by atoms with Gasteiger partial charge in [0.1, 0.15) is 11.6 Å². The third-order valence-corrected chi connectivity index (χ3v) is 25.0. The van der Waals surface area contributed by atoms with Crippen molar-refractivity contribution in [1.29, 1.82) is 0 Å². The van der Waals surface area contributed by atoms with Crippen LogP contribution in [0.5, 0.6) is 0 Å². The summed E-state index contributed by atoms with van der Waals surface area (Å²) in [6, 6.07) is 36.0. The molecule has 0 atom stereocenters. The molecule has 19 rings (SSSR count). The number of hydrogen-bond donors (Lipinski definition) is 8. The second-order valence-electron chi connectivity index (χ2n) is 33.9. The van der Waals surface area contributed by atoms with Crippen molar-refractivity contribution in [3.05, 3.63) is 224 Å². The van der Waals surface area contributed by atoms with Crippen LogP contribution in [0.2, 0.25) is 10.0 Å². The number of rotatable bonds is 18. The molecule has 0 spiro atoms. The molecule has 28 nitrogen and oxygen atoms in total. The van der Waals surface area contributed by atoms with Gasteiger partial charge in [0.15, 0.2) is 0 Å². The Morgan fingerprint density at radius 1 is 0.400 bits per heavy atom. The third kappa shape index (κ3) is 23.2. The Balaban J connectivity index is 0.000000127. The third-order valence-electron chi connectivity index (χ3n) is 23.5. The van der Waals surface area contributed by atoms with E-state index in [9.17, 15) is 4.39 Å². The molecule has 3 saturated heterocycles. The van der Waals surface area contributed by atoms with E-state index in [1.54, 1.807) is 24.5 Å². The molecule has 8 aromatic heterocycles. The molecule has 0 radical (unpaired) electrons. The average molecular weight is 1860 g/mol. The summed E-state index contributed by atoms with van der Waals surface area (Å²) in [5.41, 5.74) is 24.2. The van der Waals surface area contributed by atoms with Crippen LogP contribution in [0.3, 0.4) is 0 Å². The van der Waals surface area contributed by atoms with Gasteiger partial charge in [-0.25, -0.2) is 64.8 Å². The van der Waals surface area contributed by atoms with Gasteiger partial charge in [0.05, 0.1) is 83.1 Å². The highest BCUT2D eigenvalue weighted by molar-refractivity contribution is 7.81. The number of aromatic nitrogens is 12. The van der Waals surface area contributed by atoms with Crippen LogP contribution < -0.4 is 52.3 Å². The summed E-state index contributed by atoms with van der Waals surface area (Å²) in [7, 11) is 12.6. The Morgan fingerprint density at radius 3 is 1.30 bits per heavy atom. The highest BCUT2D eigenvalue weighted by Crippen LogP contribution is 2.41. The smallest absolute Gasteiger partial charge is 0.236 e. The van der Waals surface area contributed by atoms with Gasteiger partial charge in [-0.2, -0.15) is 4.39 Å². The maximum Gasteiger partial charge on any atom is 0.236 e. The summed E-state index contributed by atoms with van der Waals surface area (Å²) >= 11 is 34.3. The number of nitrogens with zero attached hydrogens (tertiary/aromatic N) is 20. The molecular formula is C95H105Cl2FN28S4. The molecule has 130 heavy (non-hydrogen) atoms. The van der Waals surface area contributed by atoms with E-state index in [1.165, 1.54) is 16.7 Å². The monoisotopic (exact) mass is 1850 g/mol. The number of pyridine rings is 4. The Morgan fingerprint density at radius 2 is 0.823 bits per heavy atom. The van der Waals surface area contributed by atoms with Gasteiger partial charge in [0.2, 0.25) is 29.7 Å². The largest absolute Gasteiger partial charge is 0.354 e. The fourth-order valence-electron chi connectivity index (χ4n) is 16.2. The van der Waals surface area contributed by atoms with Crippen molar-refractivity contribution >= 4 is 173 Å². The Hall–Kier alpha value is -11.6. The van der Waals surface area contributed by atoms with E-state index in [2.05, 4.69) is 218 Å². The number of piperazine rings is 3. The minimum atomic E-state index is -0.593. The topological polar surface area (TPSA) is 277 Å². The summed E-state index contributed by atoms with van der Waals surface area (Å²) in [5, 5.41) is 32.0. The lowest BCUT2D eigenvalue weighted by atomic mass is 10.0. The zero-order chi connectivity index (χ0) is 90.8. The molecule has 3 fully saturated rings. The van der Waals surface area contributed by atoms with Crippen LogP contribution in [0.1, 0.15) is 62.3 Å². The fourth-order valence-corrected chi connectivity index (χ4v) is 17.7. The molecule has 7 aliphatic heterocycles. The van der Waals surface area contributed by atoms with E-state index >= 15 is 0 Å². The van der Waals surface area contributed by atoms with Crippen molar-refractivity contribution in [1.82, 2.24) is 89.4 Å². The first-order valence-corrected chi connectivity index (χ1v) is 45.9. The van der Waals surface area contributed by atoms with Crippen LogP contribution in [-0.4, -0.2) is 243 Å². The molecule has 4 aromatic carbocycles. The molecule has 35 heteroatoms. The van der Waals surface area contributed by atoms with E-state index in [-0.39, 0.29) is 5.69 Å². The lowest BCUT2D eigenvalue weighted by molar-refractivity contribution is 0.0199. The normalized spacial score (nSPS) is 15.4. The number of fused-ring (bicyclic) bond motifs is 12. The number of benzene rings is 4. The molecule has 7 aliphatic rings. The summed E-state index contributed by atoms with van der Waals surface area (Å²) < 4.78 is 14.4. The minimum absolute atomic E-state index is 0.251. The Kier molecular flexibility index (Phi) is 29.4. The summed E-state index contributed by atoms with van der Waals surface area (Å²) in [6.45, 7) is 22.7. The van der Waals surface area contributed by atoms with Gasteiger partial charge < -0.3 is 71.9 Å². The standard InChI is InChI=1S/C26H31N7S.C25H30N8S.C22H22ClFN6S.C22H22ClN7S/c1-17-4-5-21-23(12-17)29-24(34)14-20-16-28-26(31-25(20)21)30-22-13-19(15-27-18(22)2)6-7-33-10-8-32(3)9-11-33;1-16-5-6-19-21(13-16)28-23(34)14-18-15-26-25(30-24(18)19)29-20-7-8-22(27-17(20)2)32-9-11-33(12-10-32)31(3)4;1-30(2)7-3-4-13-8-18(21(24)25-11-13)28-22-26-12-14-9-19(31)27-17-10-15(23)5-6-16(17)20(14)29-22;1-29-6-8-30(9-7-29)19-5-3-16(13-24-19)26-22-25-12-14-10-20(31)27-18-11-15(23)2-4-17(18)21(14)28-22/h4-5,12-13,15-16H,6-11,14H2,1-3H3,(H,29,34)(H,28,30,31);5-8,13,15H,9-12,14H2,1-4H3,(H,28,34)(H,26,29,30);5-6,8,10-12H,3-4,7,9H2,1-2H3,(H,27,31)(H,26,28,29);2-5,11-13H,6-10H2,1H3,(H,27,31)(H,25,26,28). The van der Waals surface area contributed by atoms with Crippen molar-refractivity contribution in [3.63, 3.8) is 0 Å². The molecule has 670 valence electrons. The van der Waals surface area contributed by atoms with E-state index in [1.807, 2.05) is 101 Å². The van der Waals surface area contributed by atoms with Gasteiger partial charge in [0, 0.05) is 239 Å². The zero-order valence-corrected chi connectivity index (χ0v) is 79.3. The molecular weight excluding hydrogens is 1750 g/mol. The number of thiocarbonyl (C=S) groups is 4. The lowest BCUT2D eigenvalue weighted by Gasteiger charge is -2.38. The van der Waals surface area contributed by atoms with Gasteiger partial charge in [-0.05, 0) is 189 Å². The van der Waals surface area contributed by atoms with Gasteiger partial charge >= 0.3 is 0 Å². The van der Waals surface area contributed by atoms with Crippen LogP contribution in [-0.2, 0) is 38.5 Å². The maximum atomic E-state index is 14.4. The van der Waals surface area contributed by atoms with Crippen LogP contribution in [0.15, 0.2) is 153 Å². The number of nitrogens with one attached hydrogen (secondary N) is 8. The second kappa shape index (κ2) is 41.7. The number of aryl methyl sites for hydroxylation is 5. The number of hydrazine groups is 1. The predicted octanol–water partition coefficient (Wildman–Crippen LogP) is 16.6. The fraction of sp³-hybridized carbons (Fsp3) is 0.326. The number of likely N-dealkylation sites (N-methyl/N-ethyl adjacent to an activating group) is 2. The molecule has 0 unspecified atom stereocenters. The van der Waals surface area contributed by atoms with Gasteiger partial charge in [-0.3, -0.25) is 4.98 Å². The van der Waals surface area contributed by atoms with E-state index in [0.29, 0.717) is 64.5 Å². The van der Waals surface area contributed by atoms with Crippen LogP contribution in [0.25, 0.3) is 45.0 Å². The number of halogens is 3. The van der Waals surface area contributed by atoms with Gasteiger partial charge in [0.25, 0.3) is 0 Å². The van der Waals surface area contributed by atoms with Gasteiger partial charge in [-0.15, -0.1) is 0 Å². The first-order chi connectivity index (χ1) is 62.7. The molecule has 0 saturated carbocycles. The van der Waals surface area contributed by atoms with Crippen molar-refractivity contribution in [3.8, 4) is 45.0 Å². The molecule has 0 amide bonds. The van der Waals surface area contributed by atoms with E-state index in [0.717, 1.165) is 262 Å². The molecule has 8 N–H and O–H groups in total. The maximum absolute atomic E-state index is 14.4. The highest BCUT2D eigenvalue weighted by atomic mass is 35.5. The second-order valence-corrected chi connectivity index (χ2v) is 36.7. The SMILES string of the molecule is CN(C)CCCc1cnc(F)c(Nc2ncc3c(n2)-c2ccc(Cl)cc2NC(=S)C3)c1.CN1CCN(c2ccc(Nc3ncc4c(n3)-c3ccc(Cl)cc3NC(=S)C4)cn2)CC1.Cc1ccc2c(c1)NC(=S)Cc1cnc(Nc3cc(CCN4CCN(C)CC4)cnc3C)nc1-2.Cc1ccc2c(c1)NC(=S)Cc1cnc(Nc3ccc(N4CCN(N(C)C)CC4)nc3C)nc1-2. The predicted molar refractivity (Wildman–Crippen MR) is 540 cm³/mol. The average Bonchev–Trinajstić information content (AvgIpc) is 1.58. The quantitative estimate of drug-likeness (QED) is 0.0293. The van der Waals surface area contributed by atoms with Crippen LogP contribution in [0.4, 0.5) is 85.3 Å². The molecule has 0 bridgehead atoms. The van der Waals surface area contributed by atoms with Crippen molar-refractivity contribution < 1.29 is 4.39 Å². The minimum Gasteiger partial charge on any atom is -0.354 e. The Bertz CT molecular complexity index is 6200. The summed E-state index contributed by atoms with van der Waals surface area (Å²) in [5.74, 6) is 3.33. The number of hydrogen-bond acceptors (Lipinski definition) is 28. The van der Waals surface area contributed by atoms with E-state index in [4.69, 9.17) is 92.0 Å². The zero-order valence-electron chi connectivity index (χ0n) is 74.5. The summed E-state index contributed by atoms with van der Waals surface area (Å²) in [4.78, 5) is 72.2. The molecule has 0 aliphatic carbocycles. The van der Waals surface area contributed by atoms with Crippen molar-refractivity contribution in [2.45, 2.75) is 72.6 Å². The van der Waals surface area contributed by atoms with Crippen molar-refractivity contribution in [2.24, 2.45) is 0 Å². The van der Waals surface area contributed by atoms with Crippen LogP contribution in [0, 0.1) is 33.6 Å². The van der Waals surface area contributed by atoms with Gasteiger partial charge in [-0.1, -0.05) is 96.3 Å². The van der Waals surface area contributed by atoms with E-state index < -0.39 is 5.95 Å². The Labute approximate surface area is 789 Å². The first-order valence-electron chi connectivity index (χ1n) is 43.5. The van der Waals surface area contributed by atoms with Crippen LogP contribution >= 0.6 is 72.1 Å². The van der Waals surface area contributed by atoms with Crippen molar-refractivity contribution in [2.75, 3.05) is 186 Å². The molecule has 15 heterocycles. The number of anilines is 14. The molecule has 12 aromatic rings. The highest BCUT2D eigenvalue weighted by Gasteiger charge is 2.28. The lowest BCUT2D eigenvalue weighted by Crippen LogP contribution is -2.51.